The van der Waals surface area contributed by atoms with Crippen LogP contribution in [0.3, 0.4) is 0 Å². The van der Waals surface area contributed by atoms with Gasteiger partial charge in [0, 0.05) is 12.4 Å². The van der Waals surface area contributed by atoms with Crippen molar-refractivity contribution >= 4 is 16.9 Å². The van der Waals surface area contributed by atoms with Gasteiger partial charge in [0.2, 0.25) is 0 Å². The minimum Gasteiger partial charge on any atom is -0.381 e. The van der Waals surface area contributed by atoms with E-state index in [0.29, 0.717) is 11.6 Å². The zero-order chi connectivity index (χ0) is 11.0. The zero-order valence-electron chi connectivity index (χ0n) is 8.28. The lowest BCUT2D eigenvalue weighted by Gasteiger charge is -2.02. The average molecular weight is 212 g/mol. The van der Waals surface area contributed by atoms with E-state index in [2.05, 4.69) is 20.3 Å². The van der Waals surface area contributed by atoms with Gasteiger partial charge in [0.15, 0.2) is 11.6 Å². The molecule has 0 aliphatic carbocycles. The van der Waals surface area contributed by atoms with Gasteiger partial charge in [0.05, 0.1) is 5.52 Å². The Morgan fingerprint density at radius 1 is 1.06 bits per heavy atom. The molecule has 0 fully saturated rings. The van der Waals surface area contributed by atoms with Gasteiger partial charge >= 0.3 is 0 Å². The number of benzene rings is 1. The predicted octanol–water partition coefficient (Wildman–Crippen LogP) is 0.793. The van der Waals surface area contributed by atoms with Crippen molar-refractivity contribution in [1.29, 1.82) is 0 Å². The van der Waals surface area contributed by atoms with Crippen molar-refractivity contribution in [3.63, 3.8) is 0 Å². The molecule has 0 spiro atoms. The molecule has 0 unspecified atom stereocenters. The first-order chi connectivity index (χ1) is 7.86. The van der Waals surface area contributed by atoms with Crippen LogP contribution >= 0.6 is 0 Å². The summed E-state index contributed by atoms with van der Waals surface area (Å²) in [7, 11) is 0. The Balaban J connectivity index is 2.31. The Morgan fingerprint density at radius 3 is 2.75 bits per heavy atom. The molecular weight excluding hydrogens is 204 g/mol. The van der Waals surface area contributed by atoms with Crippen molar-refractivity contribution in [2.24, 2.45) is 0 Å². The molecule has 0 aliphatic rings. The number of hydrogen-bond donors (Lipinski definition) is 1. The first-order valence-electron chi connectivity index (χ1n) is 4.73. The Hall–Kier alpha value is -2.50. The second kappa shape index (κ2) is 3.27. The first-order valence-corrected chi connectivity index (χ1v) is 4.73. The van der Waals surface area contributed by atoms with E-state index >= 15 is 0 Å². The summed E-state index contributed by atoms with van der Waals surface area (Å²) in [4.78, 5) is 8.11. The topological polar surface area (TPSA) is 82.5 Å². The van der Waals surface area contributed by atoms with Gasteiger partial charge in [-0.3, -0.25) is 0 Å². The van der Waals surface area contributed by atoms with Crippen LogP contribution in [0.25, 0.3) is 16.9 Å². The van der Waals surface area contributed by atoms with E-state index in [1.54, 1.807) is 10.9 Å². The van der Waals surface area contributed by atoms with Crippen LogP contribution < -0.4 is 5.73 Å². The van der Waals surface area contributed by atoms with Crippen LogP contribution in [-0.4, -0.2) is 25.0 Å². The Morgan fingerprint density at radius 2 is 1.88 bits per heavy atom. The number of anilines is 1. The van der Waals surface area contributed by atoms with Gasteiger partial charge in [-0.15, -0.1) is 5.10 Å². The fraction of sp³-hybridized carbons (Fsp3) is 0. The lowest BCUT2D eigenvalue weighted by molar-refractivity contribution is 0.799. The van der Waals surface area contributed by atoms with E-state index in [1.807, 2.05) is 24.3 Å². The molecule has 0 saturated heterocycles. The number of nitrogens with zero attached hydrogens (tertiary/aromatic N) is 5. The molecule has 1 aromatic carbocycles. The molecule has 2 aromatic heterocycles. The summed E-state index contributed by atoms with van der Waals surface area (Å²) in [6, 6.07) is 7.60. The predicted molar refractivity (Wildman–Crippen MR) is 58.9 cm³/mol. The molecule has 0 atom stereocenters. The van der Waals surface area contributed by atoms with Crippen LogP contribution in [0.2, 0.25) is 0 Å². The number of aromatic nitrogens is 5. The Bertz CT molecular complexity index is 644. The summed E-state index contributed by atoms with van der Waals surface area (Å²) < 4.78 is 1.58. The number of para-hydroxylation sites is 1. The fourth-order valence-electron chi connectivity index (χ4n) is 1.53. The van der Waals surface area contributed by atoms with Gasteiger partial charge < -0.3 is 5.73 Å². The summed E-state index contributed by atoms with van der Waals surface area (Å²) in [6.07, 6.45) is 3.11. The highest BCUT2D eigenvalue weighted by atomic mass is 15.4. The molecule has 0 saturated carbocycles. The van der Waals surface area contributed by atoms with E-state index in [1.165, 1.54) is 6.20 Å². The Kier molecular flexibility index (Phi) is 1.79. The number of fused-ring (bicyclic) bond motifs is 1. The molecule has 0 radical (unpaired) electrons. The third-order valence-corrected chi connectivity index (χ3v) is 2.26. The first kappa shape index (κ1) is 8.78. The summed E-state index contributed by atoms with van der Waals surface area (Å²) in [5.41, 5.74) is 7.40. The fourth-order valence-corrected chi connectivity index (χ4v) is 1.53. The van der Waals surface area contributed by atoms with Gasteiger partial charge in [0.1, 0.15) is 5.52 Å². The smallest absolute Gasteiger partial charge is 0.198 e. The minimum atomic E-state index is 0.332. The van der Waals surface area contributed by atoms with Crippen molar-refractivity contribution in [1.82, 2.24) is 25.0 Å². The molecule has 78 valence electrons. The lowest BCUT2D eigenvalue weighted by atomic mass is 10.3. The molecule has 0 bridgehead atoms. The molecule has 16 heavy (non-hydrogen) atoms. The zero-order valence-corrected chi connectivity index (χ0v) is 8.28. The molecule has 3 aromatic rings. The second-order valence-electron chi connectivity index (χ2n) is 3.26. The lowest BCUT2D eigenvalue weighted by Crippen LogP contribution is -2.05. The average Bonchev–Trinajstić information content (AvgIpc) is 2.74. The number of rotatable bonds is 1. The number of nitrogens with two attached hydrogens (primary N) is 1. The monoisotopic (exact) mass is 212 g/mol. The Labute approximate surface area is 90.7 Å². The maximum atomic E-state index is 5.74. The van der Waals surface area contributed by atoms with Gasteiger partial charge in [-0.2, -0.15) is 4.68 Å². The second-order valence-corrected chi connectivity index (χ2v) is 3.26. The summed E-state index contributed by atoms with van der Waals surface area (Å²) in [5.74, 6) is 0.828. The molecule has 2 N–H and O–H groups in total. The van der Waals surface area contributed by atoms with E-state index in [-0.39, 0.29) is 0 Å². The summed E-state index contributed by atoms with van der Waals surface area (Å²) in [6.45, 7) is 0. The quantitative estimate of drug-likeness (QED) is 0.644. The van der Waals surface area contributed by atoms with Crippen LogP contribution in [0, 0.1) is 0 Å². The van der Waals surface area contributed by atoms with Crippen molar-refractivity contribution in [3.8, 4) is 5.82 Å². The van der Waals surface area contributed by atoms with E-state index in [9.17, 15) is 0 Å². The molecule has 6 nitrogen and oxygen atoms in total. The third kappa shape index (κ3) is 1.20. The van der Waals surface area contributed by atoms with Gasteiger partial charge in [-0.05, 0) is 12.1 Å². The summed E-state index contributed by atoms with van der Waals surface area (Å²) >= 11 is 0. The van der Waals surface area contributed by atoms with Crippen LogP contribution in [-0.2, 0) is 0 Å². The van der Waals surface area contributed by atoms with Gasteiger partial charge in [-0.1, -0.05) is 17.3 Å². The number of nitrogen functional groups attached to an aromatic ring is 1. The molecule has 0 amide bonds. The number of hydrogen-bond acceptors (Lipinski definition) is 5. The summed E-state index contributed by atoms with van der Waals surface area (Å²) in [5, 5.41) is 8.04. The van der Waals surface area contributed by atoms with Crippen LogP contribution in [0.5, 0.6) is 0 Å². The van der Waals surface area contributed by atoms with Crippen LogP contribution in [0.1, 0.15) is 0 Å². The van der Waals surface area contributed by atoms with Gasteiger partial charge in [-0.25, -0.2) is 9.97 Å². The largest absolute Gasteiger partial charge is 0.381 e. The third-order valence-electron chi connectivity index (χ3n) is 2.26. The van der Waals surface area contributed by atoms with E-state index in [0.717, 1.165) is 11.0 Å². The highest BCUT2D eigenvalue weighted by molar-refractivity contribution is 5.76. The van der Waals surface area contributed by atoms with Gasteiger partial charge in [0.25, 0.3) is 0 Å². The maximum Gasteiger partial charge on any atom is 0.198 e. The minimum absolute atomic E-state index is 0.332. The van der Waals surface area contributed by atoms with E-state index < -0.39 is 0 Å². The molecule has 2 heterocycles. The van der Waals surface area contributed by atoms with Crippen molar-refractivity contribution in [2.75, 3.05) is 5.73 Å². The SMILES string of the molecule is Nc1nccnc1-n1nnc2ccccc21. The van der Waals surface area contributed by atoms with E-state index in [4.69, 9.17) is 5.73 Å². The standard InChI is InChI=1S/C10H8N6/c11-9-10(13-6-5-12-9)16-8-4-2-1-3-7(8)14-15-16/h1-6H,(H2,11,12). The van der Waals surface area contributed by atoms with Crippen LogP contribution in [0.15, 0.2) is 36.7 Å². The molecule has 3 rings (SSSR count). The van der Waals surface area contributed by atoms with Crippen molar-refractivity contribution < 1.29 is 0 Å². The normalized spacial score (nSPS) is 10.8. The maximum absolute atomic E-state index is 5.74. The highest BCUT2D eigenvalue weighted by Crippen LogP contribution is 2.16. The highest BCUT2D eigenvalue weighted by Gasteiger charge is 2.09. The molecular formula is C10H8N6. The molecule has 0 aliphatic heterocycles. The molecule has 6 heteroatoms. The van der Waals surface area contributed by atoms with Crippen molar-refractivity contribution in [3.05, 3.63) is 36.7 Å². The van der Waals surface area contributed by atoms with Crippen LogP contribution in [0.4, 0.5) is 5.82 Å². The van der Waals surface area contributed by atoms with Crippen molar-refractivity contribution in [2.45, 2.75) is 0 Å².